The van der Waals surface area contributed by atoms with Crippen LogP contribution in [0.1, 0.15) is 15.9 Å². The van der Waals surface area contributed by atoms with E-state index in [-0.39, 0.29) is 21.9 Å². The van der Waals surface area contributed by atoms with Gasteiger partial charge in [0.1, 0.15) is 11.6 Å². The number of carbonyl (C=O) groups is 1. The van der Waals surface area contributed by atoms with Crippen molar-refractivity contribution < 1.29 is 22.3 Å². The summed E-state index contributed by atoms with van der Waals surface area (Å²) >= 11 is 5.98. The highest BCUT2D eigenvalue weighted by Crippen LogP contribution is 2.25. The minimum atomic E-state index is -3.97. The average Bonchev–Trinajstić information content (AvgIpc) is 3.18. The van der Waals surface area contributed by atoms with Crippen LogP contribution in [-0.2, 0) is 16.4 Å². The summed E-state index contributed by atoms with van der Waals surface area (Å²) in [7, 11) is -2.49. The van der Waals surface area contributed by atoms with Gasteiger partial charge in [-0.1, -0.05) is 29.8 Å². The summed E-state index contributed by atoms with van der Waals surface area (Å²) in [6, 6.07) is 14.8. The topological polar surface area (TPSA) is 78.3 Å². The molecule has 0 aliphatic heterocycles. The second-order valence-corrected chi connectivity index (χ2v) is 8.93. The van der Waals surface area contributed by atoms with Gasteiger partial charge < -0.3 is 4.74 Å². The van der Waals surface area contributed by atoms with Gasteiger partial charge in [0.15, 0.2) is 5.78 Å². The van der Waals surface area contributed by atoms with Crippen LogP contribution in [0.25, 0.3) is 10.9 Å². The number of aromatic nitrogens is 2. The van der Waals surface area contributed by atoms with E-state index in [1.54, 1.807) is 30.3 Å². The van der Waals surface area contributed by atoms with E-state index in [9.17, 15) is 17.6 Å². The Hall–Kier alpha value is -3.23. The minimum Gasteiger partial charge on any atom is -0.497 e. The van der Waals surface area contributed by atoms with E-state index in [1.165, 1.54) is 43.6 Å². The van der Waals surface area contributed by atoms with E-state index in [2.05, 4.69) is 5.10 Å². The molecule has 9 heteroatoms. The Morgan fingerprint density at radius 1 is 1.13 bits per heavy atom. The molecule has 0 fully saturated rings. The fourth-order valence-electron chi connectivity index (χ4n) is 3.23. The molecule has 4 aromatic rings. The maximum Gasteiger partial charge on any atom is 0.283 e. The zero-order chi connectivity index (χ0) is 22.2. The molecule has 31 heavy (non-hydrogen) atoms. The van der Waals surface area contributed by atoms with E-state index in [0.717, 1.165) is 4.09 Å². The van der Waals surface area contributed by atoms with Crippen LogP contribution < -0.4 is 4.74 Å². The van der Waals surface area contributed by atoms with Crippen LogP contribution >= 0.6 is 11.6 Å². The van der Waals surface area contributed by atoms with Gasteiger partial charge in [0, 0.05) is 11.8 Å². The first-order valence-corrected chi connectivity index (χ1v) is 11.0. The first-order valence-electron chi connectivity index (χ1n) is 9.15. The predicted octanol–water partition coefficient (Wildman–Crippen LogP) is 4.50. The van der Waals surface area contributed by atoms with Gasteiger partial charge in [0.2, 0.25) is 0 Å². The van der Waals surface area contributed by atoms with E-state index >= 15 is 0 Å². The molecule has 6 nitrogen and oxygen atoms in total. The third-order valence-electron chi connectivity index (χ3n) is 4.79. The number of fused-ring (bicyclic) bond motifs is 1. The van der Waals surface area contributed by atoms with Crippen molar-refractivity contribution in [3.8, 4) is 5.75 Å². The SMILES string of the molecule is COc1ccc(S(=O)(=O)n2ncc3ccc(CC(=O)c4c(F)cccc4Cl)cc32)cc1. The average molecular weight is 459 g/mol. The Kier molecular flexibility index (Phi) is 5.51. The van der Waals surface area contributed by atoms with Crippen LogP contribution in [0.5, 0.6) is 5.75 Å². The van der Waals surface area contributed by atoms with Gasteiger partial charge in [-0.25, -0.2) is 4.39 Å². The smallest absolute Gasteiger partial charge is 0.283 e. The number of ketones is 1. The minimum absolute atomic E-state index is 0.0261. The number of ether oxygens (including phenoxy) is 1. The highest BCUT2D eigenvalue weighted by molar-refractivity contribution is 7.90. The summed E-state index contributed by atoms with van der Waals surface area (Å²) in [5, 5.41) is 4.63. The first kappa shape index (κ1) is 21.0. The van der Waals surface area contributed by atoms with Gasteiger partial charge in [0.05, 0.1) is 34.3 Å². The summed E-state index contributed by atoms with van der Waals surface area (Å²) in [6.07, 6.45) is 1.28. The standard InChI is InChI=1S/C22H16ClFN2O4S/c1-30-16-7-9-17(10-8-16)31(28,29)26-20-11-14(5-6-15(20)13-25-26)12-21(27)22-18(23)3-2-4-19(22)24/h2-11,13H,12H2,1H3. The fraction of sp³-hybridized carbons (Fsp3) is 0.0909. The van der Waals surface area contributed by atoms with Crippen molar-refractivity contribution in [3.63, 3.8) is 0 Å². The van der Waals surface area contributed by atoms with Gasteiger partial charge in [-0.3, -0.25) is 4.79 Å². The lowest BCUT2D eigenvalue weighted by molar-refractivity contribution is 0.0989. The molecule has 3 aromatic carbocycles. The molecule has 0 saturated heterocycles. The molecular formula is C22H16ClFN2O4S. The van der Waals surface area contributed by atoms with E-state index < -0.39 is 21.6 Å². The molecule has 0 atom stereocenters. The summed E-state index contributed by atoms with van der Waals surface area (Å²) in [4.78, 5) is 12.7. The van der Waals surface area contributed by atoms with E-state index in [4.69, 9.17) is 16.3 Å². The molecule has 0 radical (unpaired) electrons. The quantitative estimate of drug-likeness (QED) is 0.397. The van der Waals surface area contributed by atoms with Crippen molar-refractivity contribution in [1.82, 2.24) is 9.19 Å². The maximum absolute atomic E-state index is 14.1. The number of carbonyl (C=O) groups excluding carboxylic acids is 1. The number of nitrogens with zero attached hydrogens (tertiary/aromatic N) is 2. The highest BCUT2D eigenvalue weighted by atomic mass is 35.5. The van der Waals surface area contributed by atoms with Gasteiger partial charge in [0.25, 0.3) is 10.0 Å². The van der Waals surface area contributed by atoms with Crippen molar-refractivity contribution in [2.75, 3.05) is 7.11 Å². The van der Waals surface area contributed by atoms with Crippen LogP contribution in [0.2, 0.25) is 5.02 Å². The Morgan fingerprint density at radius 2 is 1.87 bits per heavy atom. The van der Waals surface area contributed by atoms with E-state index in [0.29, 0.717) is 22.2 Å². The molecule has 0 bridgehead atoms. The molecule has 0 aliphatic carbocycles. The summed E-state index contributed by atoms with van der Waals surface area (Å²) in [5.41, 5.74) is 0.618. The molecule has 158 valence electrons. The number of Topliss-reactive ketones (excluding diaryl/α,β-unsaturated/α-hetero) is 1. The first-order chi connectivity index (χ1) is 14.8. The number of hydrogen-bond donors (Lipinski definition) is 0. The molecule has 0 N–H and O–H groups in total. The summed E-state index contributed by atoms with van der Waals surface area (Å²) in [5.74, 6) is -0.686. The number of hydrogen-bond acceptors (Lipinski definition) is 5. The second-order valence-electron chi connectivity index (χ2n) is 6.76. The largest absolute Gasteiger partial charge is 0.497 e. The number of benzene rings is 3. The zero-order valence-corrected chi connectivity index (χ0v) is 17.8. The van der Waals surface area contributed by atoms with Gasteiger partial charge in [-0.15, -0.1) is 0 Å². The molecule has 1 heterocycles. The van der Waals surface area contributed by atoms with Crippen LogP contribution in [0.3, 0.4) is 0 Å². The normalized spacial score (nSPS) is 11.6. The summed E-state index contributed by atoms with van der Waals surface area (Å²) < 4.78 is 46.2. The highest BCUT2D eigenvalue weighted by Gasteiger charge is 2.22. The Morgan fingerprint density at radius 3 is 2.55 bits per heavy atom. The van der Waals surface area contributed by atoms with Gasteiger partial charge in [-0.05, 0) is 48.0 Å². The second kappa shape index (κ2) is 8.13. The van der Waals surface area contributed by atoms with Crippen molar-refractivity contribution >= 4 is 38.3 Å². The Bertz CT molecular complexity index is 1380. The van der Waals surface area contributed by atoms with Crippen LogP contribution in [0, 0.1) is 5.82 Å². The lowest BCUT2D eigenvalue weighted by Crippen LogP contribution is -2.14. The third kappa shape index (κ3) is 3.92. The maximum atomic E-state index is 14.1. The molecule has 0 amide bonds. The van der Waals surface area contributed by atoms with Crippen molar-refractivity contribution in [2.24, 2.45) is 0 Å². The molecule has 1 aromatic heterocycles. The van der Waals surface area contributed by atoms with Crippen molar-refractivity contribution in [2.45, 2.75) is 11.3 Å². The predicted molar refractivity (Wildman–Crippen MR) is 115 cm³/mol. The molecule has 0 aliphatic rings. The van der Waals surface area contributed by atoms with Gasteiger partial charge >= 0.3 is 0 Å². The Labute approximate surface area is 182 Å². The lowest BCUT2D eigenvalue weighted by Gasteiger charge is -2.08. The lowest BCUT2D eigenvalue weighted by atomic mass is 10.0. The molecule has 0 spiro atoms. The molecule has 0 unspecified atom stereocenters. The van der Waals surface area contributed by atoms with Crippen LogP contribution in [0.15, 0.2) is 71.8 Å². The third-order valence-corrected chi connectivity index (χ3v) is 6.72. The molecule has 4 rings (SSSR count). The van der Waals surface area contributed by atoms with Crippen LogP contribution in [-0.4, -0.2) is 30.5 Å². The fourth-order valence-corrected chi connectivity index (χ4v) is 4.76. The monoisotopic (exact) mass is 458 g/mol. The van der Waals surface area contributed by atoms with Crippen molar-refractivity contribution in [1.29, 1.82) is 0 Å². The Balaban J connectivity index is 1.71. The molecule has 0 saturated carbocycles. The zero-order valence-electron chi connectivity index (χ0n) is 16.2. The van der Waals surface area contributed by atoms with Gasteiger partial charge in [-0.2, -0.15) is 17.6 Å². The summed E-state index contributed by atoms with van der Waals surface area (Å²) in [6.45, 7) is 0. The number of rotatable bonds is 6. The van der Waals surface area contributed by atoms with E-state index in [1.807, 2.05) is 0 Å². The van der Waals surface area contributed by atoms with Crippen LogP contribution in [0.4, 0.5) is 4.39 Å². The number of methoxy groups -OCH3 is 1. The van der Waals surface area contributed by atoms with Crippen molar-refractivity contribution in [3.05, 3.63) is 88.8 Å². The number of halogens is 2. The molecular weight excluding hydrogens is 443 g/mol.